The van der Waals surface area contributed by atoms with Crippen LogP contribution in [0.3, 0.4) is 0 Å². The van der Waals surface area contributed by atoms with Crippen LogP contribution >= 0.6 is 0 Å². The summed E-state index contributed by atoms with van der Waals surface area (Å²) < 4.78 is 5.28. The molecule has 0 spiro atoms. The van der Waals surface area contributed by atoms with E-state index in [1.54, 1.807) is 18.4 Å². The zero-order valence-corrected chi connectivity index (χ0v) is 14.6. The van der Waals surface area contributed by atoms with Gasteiger partial charge in [-0.2, -0.15) is 0 Å². The van der Waals surface area contributed by atoms with Gasteiger partial charge < -0.3 is 14.8 Å². The van der Waals surface area contributed by atoms with Crippen LogP contribution in [0.25, 0.3) is 0 Å². The van der Waals surface area contributed by atoms with Crippen molar-refractivity contribution in [2.45, 2.75) is 44.4 Å². The minimum Gasteiger partial charge on any atom is -0.467 e. The SMILES string of the molecule is CC(NC(=O)CN1CCCC1CC(O)c1ccco1)c1ccccc1. The van der Waals surface area contributed by atoms with Crippen molar-refractivity contribution >= 4 is 5.91 Å². The van der Waals surface area contributed by atoms with Crippen LogP contribution in [0.4, 0.5) is 0 Å². The number of nitrogens with one attached hydrogen (secondary N) is 1. The Labute approximate surface area is 148 Å². The third-order valence-electron chi connectivity index (χ3n) is 4.89. The third-order valence-corrected chi connectivity index (χ3v) is 4.89. The molecule has 134 valence electrons. The molecule has 2 aromatic rings. The molecule has 2 N–H and O–H groups in total. The first-order valence-corrected chi connectivity index (χ1v) is 8.93. The van der Waals surface area contributed by atoms with Gasteiger partial charge in [0.15, 0.2) is 0 Å². The van der Waals surface area contributed by atoms with Crippen molar-refractivity contribution < 1.29 is 14.3 Å². The summed E-state index contributed by atoms with van der Waals surface area (Å²) in [5.41, 5.74) is 1.10. The van der Waals surface area contributed by atoms with Crippen LogP contribution in [0, 0.1) is 0 Å². The molecule has 5 heteroatoms. The van der Waals surface area contributed by atoms with E-state index in [-0.39, 0.29) is 18.0 Å². The Morgan fingerprint density at radius 2 is 2.12 bits per heavy atom. The van der Waals surface area contributed by atoms with Gasteiger partial charge in [-0.15, -0.1) is 0 Å². The van der Waals surface area contributed by atoms with Gasteiger partial charge >= 0.3 is 0 Å². The predicted molar refractivity (Wildman–Crippen MR) is 95.9 cm³/mol. The predicted octanol–water partition coefficient (Wildman–Crippen LogP) is 3.04. The summed E-state index contributed by atoms with van der Waals surface area (Å²) in [4.78, 5) is 14.6. The zero-order valence-electron chi connectivity index (χ0n) is 14.6. The molecule has 1 aromatic carbocycles. The first-order chi connectivity index (χ1) is 12.1. The van der Waals surface area contributed by atoms with Gasteiger partial charge in [-0.3, -0.25) is 9.69 Å². The molecule has 1 aromatic heterocycles. The molecule has 0 bridgehead atoms. The van der Waals surface area contributed by atoms with E-state index in [0.29, 0.717) is 18.7 Å². The van der Waals surface area contributed by atoms with Crippen molar-refractivity contribution in [1.29, 1.82) is 0 Å². The van der Waals surface area contributed by atoms with Crippen LogP contribution < -0.4 is 5.32 Å². The molecule has 1 aliphatic rings. The van der Waals surface area contributed by atoms with Gasteiger partial charge in [0.25, 0.3) is 0 Å². The molecule has 2 heterocycles. The highest BCUT2D eigenvalue weighted by Gasteiger charge is 2.29. The lowest BCUT2D eigenvalue weighted by Crippen LogP contribution is -2.41. The van der Waals surface area contributed by atoms with Crippen LogP contribution in [-0.2, 0) is 4.79 Å². The maximum absolute atomic E-state index is 12.4. The zero-order chi connectivity index (χ0) is 17.6. The van der Waals surface area contributed by atoms with E-state index in [9.17, 15) is 9.90 Å². The number of amides is 1. The number of hydrogen-bond acceptors (Lipinski definition) is 4. The van der Waals surface area contributed by atoms with E-state index in [1.165, 1.54) is 0 Å². The number of carbonyl (C=O) groups excluding carboxylic acids is 1. The summed E-state index contributed by atoms with van der Waals surface area (Å²) in [6.45, 7) is 3.25. The average Bonchev–Trinajstić information content (AvgIpc) is 3.28. The lowest BCUT2D eigenvalue weighted by atomic mass is 10.1. The fraction of sp³-hybridized carbons (Fsp3) is 0.450. The van der Waals surface area contributed by atoms with Crippen LogP contribution in [0.2, 0.25) is 0 Å². The van der Waals surface area contributed by atoms with E-state index in [2.05, 4.69) is 10.2 Å². The molecule has 1 saturated heterocycles. The molecule has 0 aliphatic carbocycles. The summed E-state index contributed by atoms with van der Waals surface area (Å²) in [5, 5.41) is 13.4. The molecule has 25 heavy (non-hydrogen) atoms. The first-order valence-electron chi connectivity index (χ1n) is 8.93. The molecular weight excluding hydrogens is 316 g/mol. The molecule has 1 aliphatic heterocycles. The van der Waals surface area contributed by atoms with Crippen molar-refractivity contribution in [1.82, 2.24) is 10.2 Å². The summed E-state index contributed by atoms with van der Waals surface area (Å²) in [6.07, 6.45) is 3.60. The maximum Gasteiger partial charge on any atom is 0.234 e. The van der Waals surface area contributed by atoms with Gasteiger partial charge in [0, 0.05) is 6.04 Å². The van der Waals surface area contributed by atoms with Gasteiger partial charge in [-0.25, -0.2) is 0 Å². The monoisotopic (exact) mass is 342 g/mol. The summed E-state index contributed by atoms with van der Waals surface area (Å²) in [7, 11) is 0. The van der Waals surface area contributed by atoms with Gasteiger partial charge in [-0.05, 0) is 50.4 Å². The summed E-state index contributed by atoms with van der Waals surface area (Å²) in [6, 6.07) is 13.7. The summed E-state index contributed by atoms with van der Waals surface area (Å²) >= 11 is 0. The Balaban J connectivity index is 1.51. The second kappa shape index (κ2) is 8.32. The standard InChI is InChI=1S/C20H26N2O3/c1-15(16-7-3-2-4-8-16)21-20(24)14-22-11-5-9-17(22)13-18(23)19-10-6-12-25-19/h2-4,6-8,10,12,15,17-18,23H,5,9,11,13-14H2,1H3,(H,21,24). The molecule has 3 atom stereocenters. The number of benzene rings is 1. The van der Waals surface area contributed by atoms with E-state index < -0.39 is 6.10 Å². The lowest BCUT2D eigenvalue weighted by Gasteiger charge is -2.26. The van der Waals surface area contributed by atoms with E-state index in [4.69, 9.17) is 4.42 Å². The van der Waals surface area contributed by atoms with Crippen molar-refractivity contribution in [3.63, 3.8) is 0 Å². The highest BCUT2D eigenvalue weighted by molar-refractivity contribution is 5.78. The smallest absolute Gasteiger partial charge is 0.234 e. The van der Waals surface area contributed by atoms with Crippen molar-refractivity contribution in [2.24, 2.45) is 0 Å². The number of aliphatic hydroxyl groups excluding tert-OH is 1. The van der Waals surface area contributed by atoms with Gasteiger partial charge in [0.1, 0.15) is 11.9 Å². The number of hydrogen-bond donors (Lipinski definition) is 2. The second-order valence-electron chi connectivity index (χ2n) is 6.73. The molecule has 0 radical (unpaired) electrons. The average molecular weight is 342 g/mol. The largest absolute Gasteiger partial charge is 0.467 e. The Kier molecular flexibility index (Phi) is 5.89. The van der Waals surface area contributed by atoms with Gasteiger partial charge in [0.2, 0.25) is 5.91 Å². The maximum atomic E-state index is 12.4. The Hall–Kier alpha value is -2.11. The quantitative estimate of drug-likeness (QED) is 0.812. The topological polar surface area (TPSA) is 65.7 Å². The third kappa shape index (κ3) is 4.71. The Bertz CT molecular complexity index is 657. The Morgan fingerprint density at radius 3 is 2.84 bits per heavy atom. The summed E-state index contributed by atoms with van der Waals surface area (Å²) in [5.74, 6) is 0.616. The number of nitrogens with zero attached hydrogens (tertiary/aromatic N) is 1. The number of furan rings is 1. The fourth-order valence-electron chi connectivity index (χ4n) is 3.52. The second-order valence-corrected chi connectivity index (χ2v) is 6.73. The minimum atomic E-state index is -0.619. The highest BCUT2D eigenvalue weighted by atomic mass is 16.4. The van der Waals surface area contributed by atoms with Crippen LogP contribution in [0.1, 0.15) is 49.7 Å². The number of rotatable bonds is 7. The van der Waals surface area contributed by atoms with Gasteiger partial charge in [-0.1, -0.05) is 30.3 Å². The van der Waals surface area contributed by atoms with Crippen LogP contribution in [0.5, 0.6) is 0 Å². The highest BCUT2D eigenvalue weighted by Crippen LogP contribution is 2.27. The fourth-order valence-corrected chi connectivity index (χ4v) is 3.52. The molecule has 1 fully saturated rings. The van der Waals surface area contributed by atoms with E-state index in [1.807, 2.05) is 37.3 Å². The van der Waals surface area contributed by atoms with E-state index in [0.717, 1.165) is 24.9 Å². The van der Waals surface area contributed by atoms with Crippen molar-refractivity contribution in [3.8, 4) is 0 Å². The van der Waals surface area contributed by atoms with E-state index >= 15 is 0 Å². The molecule has 3 rings (SSSR count). The molecule has 1 amide bonds. The number of carbonyl (C=O) groups is 1. The van der Waals surface area contributed by atoms with Crippen LogP contribution in [-0.4, -0.2) is 35.0 Å². The van der Waals surface area contributed by atoms with Crippen molar-refractivity contribution in [3.05, 3.63) is 60.1 Å². The van der Waals surface area contributed by atoms with Crippen LogP contribution in [0.15, 0.2) is 53.1 Å². The number of aliphatic hydroxyl groups is 1. The van der Waals surface area contributed by atoms with Crippen molar-refractivity contribution in [2.75, 3.05) is 13.1 Å². The molecule has 3 unspecified atom stereocenters. The molecular formula is C20H26N2O3. The molecule has 0 saturated carbocycles. The Morgan fingerprint density at radius 1 is 1.32 bits per heavy atom. The van der Waals surface area contributed by atoms with Gasteiger partial charge in [0.05, 0.1) is 18.8 Å². The number of likely N-dealkylation sites (tertiary alicyclic amines) is 1. The first kappa shape index (κ1) is 17.7. The minimum absolute atomic E-state index is 0.0107. The lowest BCUT2D eigenvalue weighted by molar-refractivity contribution is -0.123. The molecule has 5 nitrogen and oxygen atoms in total. The normalized spacial score (nSPS) is 20.3.